The van der Waals surface area contributed by atoms with E-state index >= 15 is 0 Å². The molecule has 0 aliphatic carbocycles. The lowest BCUT2D eigenvalue weighted by molar-refractivity contribution is -0.112. The van der Waals surface area contributed by atoms with E-state index in [1.165, 1.54) is 6.08 Å². The molecule has 7 nitrogen and oxygen atoms in total. The molecule has 0 unspecified atom stereocenters. The van der Waals surface area contributed by atoms with Crippen molar-refractivity contribution in [2.75, 3.05) is 11.9 Å². The van der Waals surface area contributed by atoms with Gasteiger partial charge in [-0.1, -0.05) is 41.0 Å². The van der Waals surface area contributed by atoms with Gasteiger partial charge in [-0.05, 0) is 43.7 Å². The summed E-state index contributed by atoms with van der Waals surface area (Å²) < 4.78 is 16.5. The standard InChI is InChI=1S/C23H20ClN3O4/c1-3-29-21-12-16(8-9-20(21)30-14-17-6-4-5-7-19(17)24)11-18(13-25)23(28)26-22-10-15(2)31-27-22/h4-12H,3,14H2,1-2H3,(H,26,27,28)/b18-11-. The molecule has 0 aliphatic rings. The third-order valence-electron chi connectivity index (χ3n) is 4.15. The highest BCUT2D eigenvalue weighted by Crippen LogP contribution is 2.31. The molecule has 0 bridgehead atoms. The van der Waals surface area contributed by atoms with Gasteiger partial charge in [0.1, 0.15) is 24.0 Å². The zero-order valence-corrected chi connectivity index (χ0v) is 17.8. The lowest BCUT2D eigenvalue weighted by atomic mass is 10.1. The summed E-state index contributed by atoms with van der Waals surface area (Å²) in [5.74, 6) is 1.22. The van der Waals surface area contributed by atoms with Crippen molar-refractivity contribution in [3.63, 3.8) is 0 Å². The van der Waals surface area contributed by atoms with Crippen LogP contribution in [0, 0.1) is 18.3 Å². The van der Waals surface area contributed by atoms with Crippen molar-refractivity contribution in [3.8, 4) is 17.6 Å². The Labute approximate surface area is 184 Å². The van der Waals surface area contributed by atoms with E-state index in [0.29, 0.717) is 34.5 Å². The first kappa shape index (κ1) is 21.9. The highest BCUT2D eigenvalue weighted by molar-refractivity contribution is 6.31. The molecular weight excluding hydrogens is 418 g/mol. The average molecular weight is 438 g/mol. The van der Waals surface area contributed by atoms with Gasteiger partial charge in [0, 0.05) is 16.7 Å². The number of anilines is 1. The highest BCUT2D eigenvalue weighted by atomic mass is 35.5. The highest BCUT2D eigenvalue weighted by Gasteiger charge is 2.13. The summed E-state index contributed by atoms with van der Waals surface area (Å²) in [6.45, 7) is 4.26. The number of hydrogen-bond donors (Lipinski definition) is 1. The molecule has 3 aromatic rings. The van der Waals surface area contributed by atoms with Crippen LogP contribution in [0.4, 0.5) is 5.82 Å². The van der Waals surface area contributed by atoms with Gasteiger partial charge in [0.2, 0.25) is 0 Å². The summed E-state index contributed by atoms with van der Waals surface area (Å²) in [6, 6.07) is 16.0. The molecule has 2 aromatic carbocycles. The lowest BCUT2D eigenvalue weighted by Gasteiger charge is -2.13. The van der Waals surface area contributed by atoms with E-state index in [-0.39, 0.29) is 18.0 Å². The molecule has 0 saturated heterocycles. The minimum absolute atomic E-state index is 0.0900. The van der Waals surface area contributed by atoms with Crippen LogP contribution in [0.15, 0.2) is 58.6 Å². The quantitative estimate of drug-likeness (QED) is 0.386. The summed E-state index contributed by atoms with van der Waals surface area (Å²) in [5.41, 5.74) is 1.37. The van der Waals surface area contributed by atoms with Gasteiger partial charge in [0.15, 0.2) is 17.3 Å². The number of carbonyl (C=O) groups excluding carboxylic acids is 1. The Hall–Kier alpha value is -3.76. The molecule has 1 amide bonds. The van der Waals surface area contributed by atoms with E-state index in [1.54, 1.807) is 37.3 Å². The third-order valence-corrected chi connectivity index (χ3v) is 4.52. The Bertz CT molecular complexity index is 1150. The first-order chi connectivity index (χ1) is 15.0. The van der Waals surface area contributed by atoms with Crippen LogP contribution in [-0.4, -0.2) is 17.7 Å². The summed E-state index contributed by atoms with van der Waals surface area (Å²) in [6.07, 6.45) is 1.46. The van der Waals surface area contributed by atoms with Crippen LogP contribution in [0.2, 0.25) is 5.02 Å². The van der Waals surface area contributed by atoms with E-state index in [0.717, 1.165) is 5.56 Å². The maximum absolute atomic E-state index is 12.4. The Morgan fingerprint density at radius 1 is 1.23 bits per heavy atom. The summed E-state index contributed by atoms with van der Waals surface area (Å²) in [4.78, 5) is 12.4. The number of aryl methyl sites for hydroxylation is 1. The molecule has 0 saturated carbocycles. The van der Waals surface area contributed by atoms with Crippen molar-refractivity contribution >= 4 is 29.4 Å². The largest absolute Gasteiger partial charge is 0.490 e. The number of hydrogen-bond acceptors (Lipinski definition) is 6. The molecule has 0 fully saturated rings. The fourth-order valence-corrected chi connectivity index (χ4v) is 2.89. The second kappa shape index (κ2) is 10.3. The van der Waals surface area contributed by atoms with Crippen LogP contribution in [0.25, 0.3) is 6.08 Å². The first-order valence-corrected chi connectivity index (χ1v) is 9.87. The summed E-state index contributed by atoms with van der Waals surface area (Å²) in [5, 5.41) is 16.2. The number of carbonyl (C=O) groups is 1. The Morgan fingerprint density at radius 2 is 2.03 bits per heavy atom. The van der Waals surface area contributed by atoms with E-state index in [4.69, 9.17) is 25.6 Å². The number of aromatic nitrogens is 1. The minimum atomic E-state index is -0.590. The summed E-state index contributed by atoms with van der Waals surface area (Å²) in [7, 11) is 0. The SMILES string of the molecule is CCOc1cc(/C=C(/C#N)C(=O)Nc2cc(C)on2)ccc1OCc1ccccc1Cl. The van der Waals surface area contributed by atoms with Crippen LogP contribution in [0.3, 0.4) is 0 Å². The van der Waals surface area contributed by atoms with Gasteiger partial charge in [0.25, 0.3) is 5.91 Å². The van der Waals surface area contributed by atoms with Crippen LogP contribution < -0.4 is 14.8 Å². The Balaban J connectivity index is 1.79. The van der Waals surface area contributed by atoms with Crippen LogP contribution in [-0.2, 0) is 11.4 Å². The molecule has 0 atom stereocenters. The van der Waals surface area contributed by atoms with Gasteiger partial charge < -0.3 is 19.3 Å². The van der Waals surface area contributed by atoms with Crippen molar-refractivity contribution in [3.05, 3.63) is 76.0 Å². The number of amides is 1. The average Bonchev–Trinajstić information content (AvgIpc) is 3.17. The number of nitrogens with zero attached hydrogens (tertiary/aromatic N) is 2. The third kappa shape index (κ3) is 5.87. The van der Waals surface area contributed by atoms with Gasteiger partial charge in [-0.15, -0.1) is 0 Å². The molecule has 1 heterocycles. The van der Waals surface area contributed by atoms with Crippen LogP contribution >= 0.6 is 11.6 Å². The maximum atomic E-state index is 12.4. The van der Waals surface area contributed by atoms with E-state index < -0.39 is 5.91 Å². The van der Waals surface area contributed by atoms with Crippen LogP contribution in [0.1, 0.15) is 23.8 Å². The predicted octanol–water partition coefficient (Wildman–Crippen LogP) is 5.16. The molecule has 1 aromatic heterocycles. The van der Waals surface area contributed by atoms with Crippen molar-refractivity contribution in [1.82, 2.24) is 5.16 Å². The smallest absolute Gasteiger partial charge is 0.267 e. The Morgan fingerprint density at radius 3 is 2.71 bits per heavy atom. The second-order valence-electron chi connectivity index (χ2n) is 6.47. The maximum Gasteiger partial charge on any atom is 0.267 e. The second-order valence-corrected chi connectivity index (χ2v) is 6.87. The van der Waals surface area contributed by atoms with Crippen molar-refractivity contribution in [2.45, 2.75) is 20.5 Å². The molecule has 0 spiro atoms. The van der Waals surface area contributed by atoms with Crippen molar-refractivity contribution in [2.24, 2.45) is 0 Å². The fraction of sp³-hybridized carbons (Fsp3) is 0.174. The minimum Gasteiger partial charge on any atom is -0.490 e. The van der Waals surface area contributed by atoms with Gasteiger partial charge in [-0.2, -0.15) is 5.26 Å². The molecule has 8 heteroatoms. The van der Waals surface area contributed by atoms with Gasteiger partial charge >= 0.3 is 0 Å². The lowest BCUT2D eigenvalue weighted by Crippen LogP contribution is -2.13. The molecule has 1 N–H and O–H groups in total. The zero-order chi connectivity index (χ0) is 22.2. The molecule has 0 aliphatic heterocycles. The molecule has 3 rings (SSSR count). The predicted molar refractivity (Wildman–Crippen MR) is 117 cm³/mol. The normalized spacial score (nSPS) is 11.0. The monoisotopic (exact) mass is 437 g/mol. The van der Waals surface area contributed by atoms with Crippen LogP contribution in [0.5, 0.6) is 11.5 Å². The van der Waals surface area contributed by atoms with Gasteiger partial charge in [-0.25, -0.2) is 0 Å². The number of benzene rings is 2. The Kier molecular flexibility index (Phi) is 7.31. The number of ether oxygens (including phenoxy) is 2. The number of halogens is 1. The zero-order valence-electron chi connectivity index (χ0n) is 17.0. The molecular formula is C23H20ClN3O4. The molecule has 0 radical (unpaired) electrons. The first-order valence-electron chi connectivity index (χ1n) is 9.49. The number of rotatable bonds is 8. The van der Waals surface area contributed by atoms with Gasteiger partial charge in [0.05, 0.1) is 6.61 Å². The number of nitrogens with one attached hydrogen (secondary N) is 1. The molecule has 158 valence electrons. The molecule has 31 heavy (non-hydrogen) atoms. The van der Waals surface area contributed by atoms with E-state index in [1.807, 2.05) is 31.2 Å². The van der Waals surface area contributed by atoms with E-state index in [9.17, 15) is 10.1 Å². The fourth-order valence-electron chi connectivity index (χ4n) is 2.70. The van der Waals surface area contributed by atoms with Crippen molar-refractivity contribution < 1.29 is 18.8 Å². The van der Waals surface area contributed by atoms with Gasteiger partial charge in [-0.3, -0.25) is 4.79 Å². The van der Waals surface area contributed by atoms with E-state index in [2.05, 4.69) is 10.5 Å². The topological polar surface area (TPSA) is 97.4 Å². The van der Waals surface area contributed by atoms with Crippen molar-refractivity contribution in [1.29, 1.82) is 5.26 Å². The number of nitriles is 1. The summed E-state index contributed by atoms with van der Waals surface area (Å²) >= 11 is 6.18.